The van der Waals surface area contributed by atoms with Crippen molar-refractivity contribution in [1.82, 2.24) is 4.90 Å². The average molecular weight is 465 g/mol. The maximum atomic E-state index is 13.7. The van der Waals surface area contributed by atoms with Crippen molar-refractivity contribution < 1.29 is 14.3 Å². The molecule has 0 unspecified atom stereocenters. The van der Waals surface area contributed by atoms with Crippen molar-refractivity contribution in [2.45, 2.75) is 19.8 Å². The lowest BCUT2D eigenvalue weighted by Crippen LogP contribution is -2.31. The lowest BCUT2D eigenvalue weighted by Gasteiger charge is -2.23. The van der Waals surface area contributed by atoms with Crippen LogP contribution < -0.4 is 9.64 Å². The maximum Gasteiger partial charge on any atom is 0.266 e. The van der Waals surface area contributed by atoms with Gasteiger partial charge in [0.15, 0.2) is 0 Å². The summed E-state index contributed by atoms with van der Waals surface area (Å²) in [5.41, 5.74) is 5.82. The number of methoxy groups -OCH3 is 1. The van der Waals surface area contributed by atoms with Crippen LogP contribution in [0.25, 0.3) is 16.8 Å². The molecule has 0 atom stereocenters. The molecule has 0 spiro atoms. The molecular weight excluding hydrogens is 436 g/mol. The first-order valence-electron chi connectivity index (χ1n) is 11.9. The van der Waals surface area contributed by atoms with Crippen molar-refractivity contribution in [2.75, 3.05) is 25.1 Å². The fourth-order valence-electron chi connectivity index (χ4n) is 4.92. The van der Waals surface area contributed by atoms with Crippen molar-refractivity contribution in [3.8, 4) is 5.75 Å². The minimum absolute atomic E-state index is 0.288. The first kappa shape index (κ1) is 22.7. The Kier molecular flexibility index (Phi) is 6.23. The fraction of sp³-hybridized carbons (Fsp3) is 0.200. The molecule has 0 saturated carbocycles. The number of rotatable bonds is 5. The van der Waals surface area contributed by atoms with Crippen molar-refractivity contribution in [1.29, 1.82) is 0 Å². The summed E-state index contributed by atoms with van der Waals surface area (Å²) in [5, 5.41) is 0. The van der Waals surface area contributed by atoms with Gasteiger partial charge in [-0.3, -0.25) is 9.59 Å². The highest BCUT2D eigenvalue weighted by atomic mass is 16.5. The lowest BCUT2D eigenvalue weighted by molar-refractivity contribution is -0.122. The van der Waals surface area contributed by atoms with Gasteiger partial charge in [0, 0.05) is 31.3 Å². The van der Waals surface area contributed by atoms with E-state index in [1.54, 1.807) is 7.11 Å². The van der Waals surface area contributed by atoms with Crippen LogP contribution >= 0.6 is 0 Å². The number of allylic oxidation sites excluding steroid dienone is 2. The number of likely N-dealkylation sites (tertiary alicyclic amines) is 1. The quantitative estimate of drug-likeness (QED) is 0.459. The molecule has 3 aromatic rings. The third-order valence-corrected chi connectivity index (χ3v) is 6.61. The van der Waals surface area contributed by atoms with Crippen LogP contribution in [0.3, 0.4) is 0 Å². The lowest BCUT2D eigenvalue weighted by atomic mass is 9.93. The molecule has 0 radical (unpaired) electrons. The van der Waals surface area contributed by atoms with E-state index in [2.05, 4.69) is 23.1 Å². The molecule has 0 aromatic heterocycles. The minimum atomic E-state index is -0.288. The Morgan fingerprint density at radius 3 is 2.17 bits per heavy atom. The van der Waals surface area contributed by atoms with Crippen molar-refractivity contribution >= 4 is 34.3 Å². The number of imide groups is 1. The normalized spacial score (nSPS) is 17.0. The summed E-state index contributed by atoms with van der Waals surface area (Å²) in [7, 11) is 1.66. The van der Waals surface area contributed by atoms with Crippen molar-refractivity contribution in [3.05, 3.63) is 102 Å². The molecular formula is C30H28N2O3. The van der Waals surface area contributed by atoms with Gasteiger partial charge in [-0.1, -0.05) is 48.5 Å². The van der Waals surface area contributed by atoms with Gasteiger partial charge in [0.05, 0.1) is 18.4 Å². The highest BCUT2D eigenvalue weighted by Crippen LogP contribution is 2.42. The molecule has 1 saturated heterocycles. The van der Waals surface area contributed by atoms with E-state index in [0.29, 0.717) is 11.3 Å². The van der Waals surface area contributed by atoms with E-state index >= 15 is 0 Å². The average Bonchev–Trinajstić information content (AvgIpc) is 3.52. The number of carbonyl (C=O) groups excluding carboxylic acids is 2. The predicted octanol–water partition coefficient (Wildman–Crippen LogP) is 5.64. The van der Waals surface area contributed by atoms with Gasteiger partial charge in [-0.2, -0.15) is 0 Å². The molecule has 0 bridgehead atoms. The Balaban J connectivity index is 1.78. The Bertz CT molecular complexity index is 1320. The SMILES string of the molecule is COc1ccc(/C(=C\C(=C2/C(=O)N(C(C)=O)c3ccccc32)c2ccccc2)N2CCCC2)cc1. The zero-order valence-corrected chi connectivity index (χ0v) is 20.0. The van der Waals surface area contributed by atoms with Crippen LogP contribution in [0.2, 0.25) is 0 Å². The Labute approximate surface area is 205 Å². The molecule has 5 nitrogen and oxygen atoms in total. The van der Waals surface area contributed by atoms with E-state index < -0.39 is 0 Å². The molecule has 3 aromatic carbocycles. The molecule has 176 valence electrons. The number of anilines is 1. The molecule has 0 aliphatic carbocycles. The summed E-state index contributed by atoms with van der Waals surface area (Å²) < 4.78 is 5.37. The van der Waals surface area contributed by atoms with E-state index in [0.717, 1.165) is 59.6 Å². The van der Waals surface area contributed by atoms with Gasteiger partial charge < -0.3 is 9.64 Å². The topological polar surface area (TPSA) is 49.9 Å². The minimum Gasteiger partial charge on any atom is -0.497 e. The summed E-state index contributed by atoms with van der Waals surface area (Å²) in [5.74, 6) is 0.223. The third kappa shape index (κ3) is 4.26. The summed E-state index contributed by atoms with van der Waals surface area (Å²) >= 11 is 0. The summed E-state index contributed by atoms with van der Waals surface area (Å²) in [6, 6.07) is 25.5. The number of carbonyl (C=O) groups is 2. The summed E-state index contributed by atoms with van der Waals surface area (Å²) in [6.45, 7) is 3.35. The number of hydrogen-bond donors (Lipinski definition) is 0. The molecule has 5 heteroatoms. The first-order chi connectivity index (χ1) is 17.1. The van der Waals surface area contributed by atoms with Crippen LogP contribution in [0, 0.1) is 0 Å². The zero-order valence-electron chi connectivity index (χ0n) is 20.0. The molecule has 2 amide bonds. The Hall–Kier alpha value is -4.12. The van der Waals surface area contributed by atoms with Crippen molar-refractivity contribution in [3.63, 3.8) is 0 Å². The molecule has 1 fully saturated rings. The van der Waals surface area contributed by atoms with Gasteiger partial charge in [-0.05, 0) is 65.9 Å². The monoisotopic (exact) mass is 464 g/mol. The van der Waals surface area contributed by atoms with E-state index in [1.165, 1.54) is 11.8 Å². The number of fused-ring (bicyclic) bond motifs is 1. The van der Waals surface area contributed by atoms with Crippen LogP contribution in [-0.4, -0.2) is 36.9 Å². The van der Waals surface area contributed by atoms with Crippen LogP contribution in [-0.2, 0) is 9.59 Å². The summed E-state index contributed by atoms with van der Waals surface area (Å²) in [4.78, 5) is 29.9. The summed E-state index contributed by atoms with van der Waals surface area (Å²) in [6.07, 6.45) is 4.38. The van der Waals surface area contributed by atoms with Crippen LogP contribution in [0.15, 0.2) is 84.9 Å². The highest BCUT2D eigenvalue weighted by molar-refractivity contribution is 6.44. The van der Waals surface area contributed by atoms with E-state index in [-0.39, 0.29) is 11.8 Å². The van der Waals surface area contributed by atoms with Gasteiger partial charge in [0.25, 0.3) is 5.91 Å². The van der Waals surface area contributed by atoms with Crippen LogP contribution in [0.1, 0.15) is 36.5 Å². The second kappa shape index (κ2) is 9.63. The molecule has 5 rings (SSSR count). The second-order valence-corrected chi connectivity index (χ2v) is 8.78. The zero-order chi connectivity index (χ0) is 24.4. The van der Waals surface area contributed by atoms with Crippen LogP contribution in [0.4, 0.5) is 5.69 Å². The standard InChI is InChI=1S/C30H28N2O3/c1-21(33)32-27-13-7-6-12-25(27)29(30(32)34)26(22-10-4-3-5-11-22)20-28(31-18-8-9-19-31)23-14-16-24(35-2)17-15-23/h3-7,10-17,20H,8-9,18-19H2,1-2H3/b28-20+,29-26+. The number of nitrogens with zero attached hydrogens (tertiary/aromatic N) is 2. The molecule has 2 aliphatic rings. The number of benzene rings is 3. The van der Waals surface area contributed by atoms with E-state index in [1.807, 2.05) is 66.7 Å². The fourth-order valence-corrected chi connectivity index (χ4v) is 4.92. The van der Waals surface area contributed by atoms with E-state index in [4.69, 9.17) is 4.74 Å². The smallest absolute Gasteiger partial charge is 0.266 e. The van der Waals surface area contributed by atoms with E-state index in [9.17, 15) is 9.59 Å². The number of amides is 2. The molecule has 2 heterocycles. The Morgan fingerprint density at radius 2 is 1.51 bits per heavy atom. The molecule has 35 heavy (non-hydrogen) atoms. The number of hydrogen-bond acceptors (Lipinski definition) is 4. The largest absolute Gasteiger partial charge is 0.497 e. The number of para-hydroxylation sites is 1. The third-order valence-electron chi connectivity index (χ3n) is 6.61. The van der Waals surface area contributed by atoms with Gasteiger partial charge in [-0.15, -0.1) is 0 Å². The number of ether oxygens (including phenoxy) is 1. The maximum absolute atomic E-state index is 13.7. The van der Waals surface area contributed by atoms with Gasteiger partial charge in [0.2, 0.25) is 5.91 Å². The van der Waals surface area contributed by atoms with Gasteiger partial charge in [0.1, 0.15) is 5.75 Å². The highest BCUT2D eigenvalue weighted by Gasteiger charge is 2.37. The first-order valence-corrected chi connectivity index (χ1v) is 11.9. The Morgan fingerprint density at radius 1 is 0.857 bits per heavy atom. The predicted molar refractivity (Wildman–Crippen MR) is 140 cm³/mol. The van der Waals surface area contributed by atoms with Crippen molar-refractivity contribution in [2.24, 2.45) is 0 Å². The van der Waals surface area contributed by atoms with Crippen LogP contribution in [0.5, 0.6) is 5.75 Å². The molecule has 2 aliphatic heterocycles. The van der Waals surface area contributed by atoms with Gasteiger partial charge in [-0.25, -0.2) is 4.90 Å². The molecule has 0 N–H and O–H groups in total. The van der Waals surface area contributed by atoms with Gasteiger partial charge >= 0.3 is 0 Å². The second-order valence-electron chi connectivity index (χ2n) is 8.78.